The Morgan fingerprint density at radius 2 is 1.96 bits per heavy atom. The van der Waals surface area contributed by atoms with Gasteiger partial charge in [0.15, 0.2) is 0 Å². The van der Waals surface area contributed by atoms with Crippen molar-refractivity contribution in [3.63, 3.8) is 0 Å². The molecule has 5 nitrogen and oxygen atoms in total. The third-order valence-corrected chi connectivity index (χ3v) is 5.19. The first kappa shape index (κ1) is 17.3. The maximum Gasteiger partial charge on any atom is 0.251 e. The topological polar surface area (TPSA) is 65.2 Å². The van der Waals surface area contributed by atoms with Crippen molar-refractivity contribution in [1.29, 1.82) is 0 Å². The lowest BCUT2D eigenvalue weighted by Crippen LogP contribution is -2.48. The van der Waals surface area contributed by atoms with E-state index in [1.165, 1.54) is 16.6 Å². The summed E-state index contributed by atoms with van der Waals surface area (Å²) in [5.41, 5.74) is 5.09. The van der Waals surface area contributed by atoms with Gasteiger partial charge in [0.2, 0.25) is 5.91 Å². The highest BCUT2D eigenvalue weighted by Crippen LogP contribution is 2.27. The number of carbonyl (C=O) groups is 2. The molecule has 2 aromatic carbocycles. The Morgan fingerprint density at radius 3 is 2.78 bits per heavy atom. The Hall–Kier alpha value is -3.08. The second-order valence-electron chi connectivity index (χ2n) is 7.20. The van der Waals surface area contributed by atoms with Crippen LogP contribution >= 0.6 is 0 Å². The zero-order chi connectivity index (χ0) is 19.0. The Balaban J connectivity index is 1.47. The molecule has 3 aromatic rings. The number of H-pyrrole nitrogens is 1. The molecule has 138 valence electrons. The molecule has 0 saturated heterocycles. The number of carbonyl (C=O) groups excluding carboxylic acids is 2. The van der Waals surface area contributed by atoms with Crippen LogP contribution in [0.4, 0.5) is 0 Å². The van der Waals surface area contributed by atoms with Gasteiger partial charge in [-0.25, -0.2) is 0 Å². The van der Waals surface area contributed by atoms with Crippen LogP contribution in [0.25, 0.3) is 10.9 Å². The van der Waals surface area contributed by atoms with E-state index in [2.05, 4.69) is 22.4 Å². The fourth-order valence-electron chi connectivity index (χ4n) is 3.76. The summed E-state index contributed by atoms with van der Waals surface area (Å²) in [5.74, 6) is -0.267. The van der Waals surface area contributed by atoms with E-state index >= 15 is 0 Å². The van der Waals surface area contributed by atoms with E-state index in [0.29, 0.717) is 18.7 Å². The maximum atomic E-state index is 12.9. The molecule has 27 heavy (non-hydrogen) atoms. The number of hydrogen-bond donors (Lipinski definition) is 2. The second-order valence-corrected chi connectivity index (χ2v) is 7.20. The number of aromatic amines is 1. The molecule has 1 aliphatic heterocycles. The summed E-state index contributed by atoms with van der Waals surface area (Å²) in [7, 11) is 0. The number of aromatic nitrogens is 1. The van der Waals surface area contributed by atoms with E-state index in [0.717, 1.165) is 17.5 Å². The molecule has 2 heterocycles. The van der Waals surface area contributed by atoms with Crippen LogP contribution in [0.1, 0.15) is 34.1 Å². The Bertz CT molecular complexity index is 1020. The highest BCUT2D eigenvalue weighted by Gasteiger charge is 2.27. The van der Waals surface area contributed by atoms with Gasteiger partial charge in [0.05, 0.1) is 0 Å². The van der Waals surface area contributed by atoms with Crippen molar-refractivity contribution in [2.45, 2.75) is 32.9 Å². The van der Waals surface area contributed by atoms with Gasteiger partial charge >= 0.3 is 0 Å². The van der Waals surface area contributed by atoms with Gasteiger partial charge < -0.3 is 15.2 Å². The van der Waals surface area contributed by atoms with Gasteiger partial charge in [-0.05, 0) is 32.0 Å². The van der Waals surface area contributed by atoms with Crippen LogP contribution in [0, 0.1) is 6.92 Å². The zero-order valence-corrected chi connectivity index (χ0v) is 15.6. The fourth-order valence-corrected chi connectivity index (χ4v) is 3.76. The molecule has 0 radical (unpaired) electrons. The molecule has 4 rings (SSSR count). The number of para-hydroxylation sites is 1. The first-order chi connectivity index (χ1) is 13.0. The molecule has 2 amide bonds. The molecule has 0 aliphatic carbocycles. The molecule has 0 bridgehead atoms. The van der Waals surface area contributed by atoms with Crippen LogP contribution in [0.2, 0.25) is 0 Å². The van der Waals surface area contributed by atoms with Crippen molar-refractivity contribution in [3.05, 3.63) is 70.9 Å². The van der Waals surface area contributed by atoms with Crippen LogP contribution in [0.5, 0.6) is 0 Å². The summed E-state index contributed by atoms with van der Waals surface area (Å²) in [5, 5.41) is 4.01. The van der Waals surface area contributed by atoms with E-state index < -0.39 is 6.04 Å². The molecule has 5 heteroatoms. The Kier molecular flexibility index (Phi) is 4.44. The number of aryl methyl sites for hydroxylation is 1. The zero-order valence-electron chi connectivity index (χ0n) is 15.6. The normalized spacial score (nSPS) is 14.7. The maximum absolute atomic E-state index is 12.9. The largest absolute Gasteiger partial charge is 0.358 e. The van der Waals surface area contributed by atoms with E-state index in [-0.39, 0.29) is 11.8 Å². The van der Waals surface area contributed by atoms with Crippen molar-refractivity contribution < 1.29 is 9.59 Å². The number of nitrogens with zero attached hydrogens (tertiary/aromatic N) is 1. The van der Waals surface area contributed by atoms with Gasteiger partial charge in [-0.15, -0.1) is 0 Å². The molecule has 1 unspecified atom stereocenters. The van der Waals surface area contributed by atoms with Crippen LogP contribution in [-0.4, -0.2) is 34.3 Å². The lowest BCUT2D eigenvalue weighted by molar-refractivity contribution is -0.133. The summed E-state index contributed by atoms with van der Waals surface area (Å²) in [6.07, 6.45) is 0.800. The van der Waals surface area contributed by atoms with Gasteiger partial charge in [0.1, 0.15) is 6.04 Å². The Morgan fingerprint density at radius 1 is 1.15 bits per heavy atom. The van der Waals surface area contributed by atoms with Crippen LogP contribution < -0.4 is 5.32 Å². The second kappa shape index (κ2) is 6.91. The number of rotatable bonds is 3. The highest BCUT2D eigenvalue weighted by molar-refractivity contribution is 5.97. The number of hydrogen-bond acceptors (Lipinski definition) is 2. The molecule has 1 aliphatic rings. The van der Waals surface area contributed by atoms with E-state index in [9.17, 15) is 9.59 Å². The number of amides is 2. The number of fused-ring (bicyclic) bond motifs is 3. The number of benzene rings is 2. The van der Waals surface area contributed by atoms with E-state index in [1.54, 1.807) is 13.0 Å². The lowest BCUT2D eigenvalue weighted by Gasteiger charge is -2.30. The average molecular weight is 361 g/mol. The van der Waals surface area contributed by atoms with Gasteiger partial charge in [0.25, 0.3) is 5.91 Å². The number of nitrogens with one attached hydrogen (secondary N) is 2. The van der Waals surface area contributed by atoms with Crippen LogP contribution in [0.15, 0.2) is 48.5 Å². The first-order valence-electron chi connectivity index (χ1n) is 9.27. The predicted molar refractivity (Wildman–Crippen MR) is 106 cm³/mol. The minimum absolute atomic E-state index is 0.0491. The van der Waals surface area contributed by atoms with Crippen molar-refractivity contribution in [2.75, 3.05) is 6.54 Å². The van der Waals surface area contributed by atoms with E-state index in [1.807, 2.05) is 42.2 Å². The van der Waals surface area contributed by atoms with Crippen LogP contribution in [-0.2, 0) is 17.8 Å². The van der Waals surface area contributed by atoms with Gasteiger partial charge in [0, 0.05) is 47.2 Å². The monoisotopic (exact) mass is 361 g/mol. The smallest absolute Gasteiger partial charge is 0.251 e. The third kappa shape index (κ3) is 3.33. The quantitative estimate of drug-likeness (QED) is 0.752. The first-order valence-corrected chi connectivity index (χ1v) is 9.27. The van der Waals surface area contributed by atoms with Crippen molar-refractivity contribution >= 4 is 22.7 Å². The average Bonchev–Trinajstić information content (AvgIpc) is 3.05. The molecule has 1 atom stereocenters. The van der Waals surface area contributed by atoms with Crippen molar-refractivity contribution in [1.82, 2.24) is 15.2 Å². The minimum atomic E-state index is -0.565. The molecule has 2 N–H and O–H groups in total. The molecule has 0 spiro atoms. The summed E-state index contributed by atoms with van der Waals surface area (Å²) in [4.78, 5) is 30.6. The molecule has 0 fully saturated rings. The molecular weight excluding hydrogens is 338 g/mol. The molecule has 1 aromatic heterocycles. The predicted octanol–water partition coefficient (Wildman–Crippen LogP) is 3.18. The fraction of sp³-hybridized carbons (Fsp3) is 0.273. The summed E-state index contributed by atoms with van der Waals surface area (Å²) in [6, 6.07) is 15.0. The Labute approximate surface area is 158 Å². The van der Waals surface area contributed by atoms with Crippen molar-refractivity contribution in [3.8, 4) is 0 Å². The lowest BCUT2D eigenvalue weighted by atomic mass is 10.0. The minimum Gasteiger partial charge on any atom is -0.358 e. The standard InChI is InChI=1S/C22H23N3O2/c1-14-6-5-7-16(12-14)21(26)23-15(2)22(27)25-11-10-20-18(13-25)17-8-3-4-9-19(17)24-20/h3-9,12,15,24H,10-11,13H2,1-2H3,(H,23,26). The van der Waals surface area contributed by atoms with Gasteiger partial charge in [-0.3, -0.25) is 9.59 Å². The molecular formula is C22H23N3O2. The van der Waals surface area contributed by atoms with Gasteiger partial charge in [-0.2, -0.15) is 0 Å². The van der Waals surface area contributed by atoms with E-state index in [4.69, 9.17) is 0 Å². The summed E-state index contributed by atoms with van der Waals surface area (Å²) in [6.45, 7) is 4.92. The third-order valence-electron chi connectivity index (χ3n) is 5.19. The summed E-state index contributed by atoms with van der Waals surface area (Å²) >= 11 is 0. The highest BCUT2D eigenvalue weighted by atomic mass is 16.2. The van der Waals surface area contributed by atoms with Gasteiger partial charge in [-0.1, -0.05) is 35.9 Å². The van der Waals surface area contributed by atoms with Crippen molar-refractivity contribution in [2.24, 2.45) is 0 Å². The summed E-state index contributed by atoms with van der Waals surface area (Å²) < 4.78 is 0. The molecule has 0 saturated carbocycles. The SMILES string of the molecule is Cc1cccc(C(=O)NC(C)C(=O)N2CCc3[nH]c4ccccc4c3C2)c1. The van der Waals surface area contributed by atoms with Crippen LogP contribution in [0.3, 0.4) is 0 Å².